The van der Waals surface area contributed by atoms with Gasteiger partial charge in [-0.25, -0.2) is 4.79 Å². The number of carboxylic acids is 1. The van der Waals surface area contributed by atoms with Crippen LogP contribution in [-0.2, 0) is 4.79 Å². The maximum Gasteiger partial charge on any atom is 0.358 e. The summed E-state index contributed by atoms with van der Waals surface area (Å²) in [5, 5.41) is 12.8. The van der Waals surface area contributed by atoms with Gasteiger partial charge in [0.1, 0.15) is 6.04 Å². The van der Waals surface area contributed by atoms with Crippen LogP contribution in [0.2, 0.25) is 0 Å². The summed E-state index contributed by atoms with van der Waals surface area (Å²) in [6.07, 6.45) is 4.58. The third-order valence-corrected chi connectivity index (χ3v) is 3.38. The van der Waals surface area contributed by atoms with Gasteiger partial charge in [0.25, 0.3) is 0 Å². The Morgan fingerprint density at radius 2 is 2.00 bits per heavy atom. The number of anilines is 1. The second kappa shape index (κ2) is 5.29. The van der Waals surface area contributed by atoms with E-state index in [1.54, 1.807) is 11.8 Å². The van der Waals surface area contributed by atoms with Gasteiger partial charge in [0.15, 0.2) is 5.69 Å². The topological polar surface area (TPSA) is 101 Å². The lowest BCUT2D eigenvalue weighted by atomic mass is 10.1. The van der Waals surface area contributed by atoms with E-state index in [1.807, 2.05) is 0 Å². The van der Waals surface area contributed by atoms with Crippen LogP contribution in [0.25, 0.3) is 0 Å². The number of nitrogens with zero attached hydrogens (tertiary/aromatic N) is 3. The molecule has 0 bridgehead atoms. The summed E-state index contributed by atoms with van der Waals surface area (Å²) in [6.45, 7) is 3.21. The van der Waals surface area contributed by atoms with Crippen LogP contribution >= 0.6 is 0 Å². The van der Waals surface area contributed by atoms with E-state index in [0.29, 0.717) is 0 Å². The number of rotatable bonds is 3. The number of carbonyl (C=O) groups is 2. The quantitative estimate of drug-likeness (QED) is 0.840. The van der Waals surface area contributed by atoms with Crippen molar-refractivity contribution in [3.8, 4) is 0 Å². The van der Waals surface area contributed by atoms with E-state index in [2.05, 4.69) is 5.10 Å². The largest absolute Gasteiger partial charge is 0.476 e. The first-order valence-electron chi connectivity index (χ1n) is 6.37. The molecule has 1 amide bonds. The molecule has 0 radical (unpaired) electrons. The van der Waals surface area contributed by atoms with Crippen LogP contribution in [0.1, 0.15) is 42.7 Å². The summed E-state index contributed by atoms with van der Waals surface area (Å²) >= 11 is 0. The molecule has 2 rings (SSSR count). The third-order valence-electron chi connectivity index (χ3n) is 3.38. The van der Waals surface area contributed by atoms with Crippen molar-refractivity contribution in [2.24, 2.45) is 0 Å². The van der Waals surface area contributed by atoms with Crippen LogP contribution in [0.15, 0.2) is 6.20 Å². The molecule has 1 saturated heterocycles. The standard InChI is InChI=1S/C12H18N4O3/c1-8(11(17)15-5-3-2-4-6-15)16-7-9(13)10(14-16)12(18)19/h7-8H,2-6,13H2,1H3,(H,18,19). The van der Waals surface area contributed by atoms with Gasteiger partial charge >= 0.3 is 5.97 Å². The Kier molecular flexibility index (Phi) is 3.73. The number of nitrogens with two attached hydrogens (primary N) is 1. The lowest BCUT2D eigenvalue weighted by Crippen LogP contribution is -2.39. The predicted octanol–water partition coefficient (Wildman–Crippen LogP) is 0.737. The average Bonchev–Trinajstić information content (AvgIpc) is 2.80. The molecule has 0 aliphatic carbocycles. The highest BCUT2D eigenvalue weighted by Gasteiger charge is 2.25. The molecule has 0 aromatic carbocycles. The highest BCUT2D eigenvalue weighted by molar-refractivity contribution is 5.91. The Morgan fingerprint density at radius 1 is 1.37 bits per heavy atom. The fourth-order valence-electron chi connectivity index (χ4n) is 2.26. The highest BCUT2D eigenvalue weighted by Crippen LogP contribution is 2.18. The molecular formula is C12H18N4O3. The number of hydrogen-bond acceptors (Lipinski definition) is 4. The summed E-state index contributed by atoms with van der Waals surface area (Å²) in [5.74, 6) is -1.23. The maximum atomic E-state index is 12.3. The number of aromatic carboxylic acids is 1. The Bertz CT molecular complexity index is 491. The Labute approximate surface area is 111 Å². The lowest BCUT2D eigenvalue weighted by molar-refractivity contribution is -0.135. The molecule has 2 heterocycles. The third kappa shape index (κ3) is 2.69. The minimum atomic E-state index is -1.19. The average molecular weight is 266 g/mol. The number of amides is 1. The highest BCUT2D eigenvalue weighted by atomic mass is 16.4. The molecule has 1 fully saturated rings. The summed E-state index contributed by atoms with van der Waals surface area (Å²) in [7, 11) is 0. The first kappa shape index (κ1) is 13.4. The smallest absolute Gasteiger partial charge is 0.358 e. The van der Waals surface area contributed by atoms with Crippen molar-refractivity contribution in [2.45, 2.75) is 32.2 Å². The zero-order chi connectivity index (χ0) is 14.0. The van der Waals surface area contributed by atoms with Gasteiger partial charge in [0.05, 0.1) is 5.69 Å². The molecule has 19 heavy (non-hydrogen) atoms. The molecule has 0 spiro atoms. The van der Waals surface area contributed by atoms with E-state index >= 15 is 0 Å². The van der Waals surface area contributed by atoms with Crippen molar-refractivity contribution in [3.05, 3.63) is 11.9 Å². The molecule has 7 heteroatoms. The van der Waals surface area contributed by atoms with Gasteiger partial charge in [-0.3, -0.25) is 9.48 Å². The van der Waals surface area contributed by atoms with Gasteiger partial charge in [-0.2, -0.15) is 5.10 Å². The molecule has 1 aromatic rings. The van der Waals surface area contributed by atoms with E-state index in [1.165, 1.54) is 10.9 Å². The monoisotopic (exact) mass is 266 g/mol. The Balaban J connectivity index is 2.14. The van der Waals surface area contributed by atoms with Gasteiger partial charge in [0.2, 0.25) is 5.91 Å². The normalized spacial score (nSPS) is 17.2. The van der Waals surface area contributed by atoms with Crippen molar-refractivity contribution in [1.82, 2.24) is 14.7 Å². The molecule has 0 saturated carbocycles. The fourth-order valence-corrected chi connectivity index (χ4v) is 2.26. The van der Waals surface area contributed by atoms with Crippen molar-refractivity contribution in [2.75, 3.05) is 18.8 Å². The molecule has 1 aliphatic rings. The molecule has 1 aliphatic heterocycles. The number of likely N-dealkylation sites (tertiary alicyclic amines) is 1. The van der Waals surface area contributed by atoms with Crippen molar-refractivity contribution in [1.29, 1.82) is 0 Å². The summed E-state index contributed by atoms with van der Waals surface area (Å²) < 4.78 is 1.33. The molecule has 1 atom stereocenters. The first-order chi connectivity index (χ1) is 9.00. The van der Waals surface area contributed by atoms with Crippen LogP contribution in [-0.4, -0.2) is 44.8 Å². The molecule has 1 aromatic heterocycles. The zero-order valence-electron chi connectivity index (χ0n) is 10.9. The van der Waals surface area contributed by atoms with Gasteiger partial charge in [-0.05, 0) is 26.2 Å². The van der Waals surface area contributed by atoms with E-state index in [4.69, 9.17) is 10.8 Å². The number of nitrogen functional groups attached to an aromatic ring is 1. The maximum absolute atomic E-state index is 12.3. The Morgan fingerprint density at radius 3 is 2.53 bits per heavy atom. The molecular weight excluding hydrogens is 248 g/mol. The van der Waals surface area contributed by atoms with E-state index in [-0.39, 0.29) is 17.3 Å². The minimum absolute atomic E-state index is 0.0425. The van der Waals surface area contributed by atoms with Crippen LogP contribution in [0, 0.1) is 0 Å². The van der Waals surface area contributed by atoms with Gasteiger partial charge in [-0.1, -0.05) is 0 Å². The van der Waals surface area contributed by atoms with Crippen molar-refractivity contribution < 1.29 is 14.7 Å². The first-order valence-corrected chi connectivity index (χ1v) is 6.37. The van der Waals surface area contributed by atoms with Gasteiger partial charge in [-0.15, -0.1) is 0 Å². The number of hydrogen-bond donors (Lipinski definition) is 2. The number of aromatic nitrogens is 2. The van der Waals surface area contributed by atoms with Gasteiger partial charge in [0, 0.05) is 19.3 Å². The summed E-state index contributed by atoms with van der Waals surface area (Å²) in [4.78, 5) is 24.9. The molecule has 1 unspecified atom stereocenters. The SMILES string of the molecule is CC(C(=O)N1CCCCC1)n1cc(N)c(C(=O)O)n1. The molecule has 104 valence electrons. The van der Waals surface area contributed by atoms with E-state index in [0.717, 1.165) is 32.4 Å². The summed E-state index contributed by atoms with van der Waals surface area (Å²) in [6, 6.07) is -0.534. The van der Waals surface area contributed by atoms with E-state index < -0.39 is 12.0 Å². The fraction of sp³-hybridized carbons (Fsp3) is 0.583. The summed E-state index contributed by atoms with van der Waals surface area (Å²) in [5.41, 5.74) is 5.43. The van der Waals surface area contributed by atoms with Crippen molar-refractivity contribution >= 4 is 17.6 Å². The second-order valence-electron chi connectivity index (χ2n) is 4.78. The van der Waals surface area contributed by atoms with Crippen molar-refractivity contribution in [3.63, 3.8) is 0 Å². The lowest BCUT2D eigenvalue weighted by Gasteiger charge is -2.29. The van der Waals surface area contributed by atoms with Crippen LogP contribution < -0.4 is 5.73 Å². The van der Waals surface area contributed by atoms with Crippen LogP contribution in [0.5, 0.6) is 0 Å². The van der Waals surface area contributed by atoms with E-state index in [9.17, 15) is 9.59 Å². The van der Waals surface area contributed by atoms with Gasteiger partial charge < -0.3 is 15.7 Å². The molecule has 3 N–H and O–H groups in total. The second-order valence-corrected chi connectivity index (χ2v) is 4.78. The number of piperidine rings is 1. The number of carbonyl (C=O) groups excluding carboxylic acids is 1. The minimum Gasteiger partial charge on any atom is -0.476 e. The van der Waals surface area contributed by atoms with Crippen LogP contribution in [0.4, 0.5) is 5.69 Å². The number of carboxylic acid groups (broad SMARTS) is 1. The predicted molar refractivity (Wildman–Crippen MR) is 68.7 cm³/mol. The molecule has 7 nitrogen and oxygen atoms in total. The zero-order valence-corrected chi connectivity index (χ0v) is 10.9. The van der Waals surface area contributed by atoms with Crippen LogP contribution in [0.3, 0.4) is 0 Å². The Hall–Kier alpha value is -2.05.